The highest BCUT2D eigenvalue weighted by atomic mass is 32.1. The molecule has 1 aliphatic rings. The summed E-state index contributed by atoms with van der Waals surface area (Å²) in [6.45, 7) is 4.07. The van der Waals surface area contributed by atoms with Crippen molar-refractivity contribution < 1.29 is 5.11 Å². The van der Waals surface area contributed by atoms with Gasteiger partial charge in [-0.15, -0.1) is 11.3 Å². The fourth-order valence-electron chi connectivity index (χ4n) is 3.39. The first kappa shape index (κ1) is 15.6. The second kappa shape index (κ2) is 5.57. The van der Waals surface area contributed by atoms with Crippen molar-refractivity contribution in [3.05, 3.63) is 49.3 Å². The van der Waals surface area contributed by atoms with Gasteiger partial charge in [0.25, 0.3) is 5.56 Å². The Kier molecular flexibility index (Phi) is 3.62. The highest BCUT2D eigenvalue weighted by Gasteiger charge is 2.23. The lowest BCUT2D eigenvalue weighted by Gasteiger charge is -2.17. The predicted molar refractivity (Wildman–Crippen MR) is 100 cm³/mol. The smallest absolute Gasteiger partial charge is 0.267 e. The predicted octanol–water partition coefficient (Wildman–Crippen LogP) is 4.25. The van der Waals surface area contributed by atoms with Gasteiger partial charge in [-0.1, -0.05) is 13.0 Å². The molecule has 1 aliphatic carbocycles. The van der Waals surface area contributed by atoms with Crippen molar-refractivity contribution in [1.29, 1.82) is 0 Å². The third kappa shape index (κ3) is 2.32. The molecule has 124 valence electrons. The molecule has 6 heteroatoms. The number of nitrogens with zero attached hydrogens (tertiary/aromatic N) is 1. The zero-order valence-electron chi connectivity index (χ0n) is 13.5. The van der Waals surface area contributed by atoms with E-state index in [1.165, 1.54) is 15.0 Å². The third-order valence-corrected chi connectivity index (χ3v) is 6.26. The average molecular weight is 358 g/mol. The van der Waals surface area contributed by atoms with Crippen molar-refractivity contribution in [1.82, 2.24) is 9.55 Å². The van der Waals surface area contributed by atoms with Gasteiger partial charge in [-0.3, -0.25) is 9.36 Å². The number of hydrogen-bond donors (Lipinski definition) is 2. The van der Waals surface area contributed by atoms with E-state index in [0.717, 1.165) is 35.0 Å². The van der Waals surface area contributed by atoms with Crippen molar-refractivity contribution in [2.75, 3.05) is 0 Å². The van der Waals surface area contributed by atoms with Gasteiger partial charge in [0.2, 0.25) is 0 Å². The summed E-state index contributed by atoms with van der Waals surface area (Å²) < 4.78 is 1.85. The van der Waals surface area contributed by atoms with Crippen molar-refractivity contribution in [3.63, 3.8) is 0 Å². The standard InChI is InChI=1S/C18H18N2O2S2/c1-9-3-6-12-14(7-9)24-16-15(12)17(22)20(18(23)19-16)11-5-4-10(2)13(21)8-11/h4-5,8-9,21H,3,6-7H2,1-2H3,(H,19,23)/t9-/m1/s1. The average Bonchev–Trinajstić information content (AvgIpc) is 2.87. The second-order valence-corrected chi connectivity index (χ2v) is 8.09. The van der Waals surface area contributed by atoms with Crippen molar-refractivity contribution in [2.45, 2.75) is 33.1 Å². The van der Waals surface area contributed by atoms with E-state index >= 15 is 0 Å². The maximum Gasteiger partial charge on any atom is 0.267 e. The maximum absolute atomic E-state index is 13.2. The summed E-state index contributed by atoms with van der Waals surface area (Å²) >= 11 is 7.08. The summed E-state index contributed by atoms with van der Waals surface area (Å²) in [5.41, 5.74) is 2.44. The first-order valence-corrected chi connectivity index (χ1v) is 9.27. The van der Waals surface area contributed by atoms with Crippen LogP contribution in [0.2, 0.25) is 0 Å². The molecular weight excluding hydrogens is 340 g/mol. The van der Waals surface area contributed by atoms with E-state index in [1.807, 2.05) is 13.0 Å². The molecule has 0 bridgehead atoms. The molecule has 0 spiro atoms. The fraction of sp³-hybridized carbons (Fsp3) is 0.333. The number of aryl methyl sites for hydroxylation is 2. The molecular formula is C18H18N2O2S2. The number of benzene rings is 1. The maximum atomic E-state index is 13.2. The lowest BCUT2D eigenvalue weighted by Crippen LogP contribution is -2.21. The van der Waals surface area contributed by atoms with Crippen LogP contribution in [-0.4, -0.2) is 14.7 Å². The van der Waals surface area contributed by atoms with Crippen LogP contribution in [0.1, 0.15) is 29.3 Å². The van der Waals surface area contributed by atoms with Crippen LogP contribution in [0.5, 0.6) is 5.75 Å². The number of nitrogens with one attached hydrogen (secondary N) is 1. The molecule has 1 atom stereocenters. The minimum atomic E-state index is -0.0935. The van der Waals surface area contributed by atoms with Crippen LogP contribution in [0.4, 0.5) is 0 Å². The zero-order chi connectivity index (χ0) is 17.0. The van der Waals surface area contributed by atoms with Gasteiger partial charge < -0.3 is 10.1 Å². The molecule has 3 aromatic rings. The molecule has 0 amide bonds. The molecule has 4 rings (SSSR count). The number of phenols is 1. The molecule has 4 nitrogen and oxygen atoms in total. The van der Waals surface area contributed by atoms with Gasteiger partial charge in [0.05, 0.1) is 11.1 Å². The summed E-state index contributed by atoms with van der Waals surface area (Å²) in [4.78, 5) is 18.6. The SMILES string of the molecule is Cc1ccc(-n2c(=S)[nH]c3sc4c(c3c2=O)CC[C@@H](C)C4)cc1O. The molecule has 2 N–H and O–H groups in total. The number of aromatic nitrogens is 2. The number of rotatable bonds is 1. The Hall–Kier alpha value is -1.92. The van der Waals surface area contributed by atoms with Gasteiger partial charge >= 0.3 is 0 Å². The lowest BCUT2D eigenvalue weighted by atomic mass is 9.89. The van der Waals surface area contributed by atoms with Crippen LogP contribution >= 0.6 is 23.6 Å². The minimum absolute atomic E-state index is 0.0935. The molecule has 2 heterocycles. The number of aromatic hydroxyl groups is 1. The molecule has 0 saturated heterocycles. The number of fused-ring (bicyclic) bond motifs is 3. The van der Waals surface area contributed by atoms with E-state index < -0.39 is 0 Å². The number of aromatic amines is 1. The Morgan fingerprint density at radius 2 is 2.21 bits per heavy atom. The van der Waals surface area contributed by atoms with E-state index in [1.54, 1.807) is 23.5 Å². The van der Waals surface area contributed by atoms with Gasteiger partial charge in [-0.2, -0.15) is 0 Å². The first-order chi connectivity index (χ1) is 11.5. The van der Waals surface area contributed by atoms with Crippen LogP contribution < -0.4 is 5.56 Å². The zero-order valence-corrected chi connectivity index (χ0v) is 15.2. The van der Waals surface area contributed by atoms with Gasteiger partial charge in [-0.25, -0.2) is 0 Å². The topological polar surface area (TPSA) is 58.0 Å². The normalized spacial score (nSPS) is 17.2. The first-order valence-electron chi connectivity index (χ1n) is 8.05. The highest BCUT2D eigenvalue weighted by molar-refractivity contribution is 7.71. The van der Waals surface area contributed by atoms with Gasteiger partial charge in [0.15, 0.2) is 4.77 Å². The van der Waals surface area contributed by atoms with Gasteiger partial charge in [0.1, 0.15) is 10.6 Å². The number of H-pyrrole nitrogens is 1. The van der Waals surface area contributed by atoms with Crippen molar-refractivity contribution in [2.24, 2.45) is 5.92 Å². The van der Waals surface area contributed by atoms with E-state index in [0.29, 0.717) is 16.4 Å². The lowest BCUT2D eigenvalue weighted by molar-refractivity contribution is 0.470. The summed E-state index contributed by atoms with van der Waals surface area (Å²) in [5.74, 6) is 0.819. The molecule has 0 unspecified atom stereocenters. The van der Waals surface area contributed by atoms with Gasteiger partial charge in [0, 0.05) is 10.9 Å². The van der Waals surface area contributed by atoms with E-state index in [9.17, 15) is 9.90 Å². The Balaban J connectivity index is 2.02. The number of phenolic OH excluding ortho intramolecular Hbond substituents is 1. The molecule has 24 heavy (non-hydrogen) atoms. The van der Waals surface area contributed by atoms with Gasteiger partial charge in [-0.05, 0) is 61.5 Å². The second-order valence-electron chi connectivity index (χ2n) is 6.60. The Bertz CT molecular complexity index is 1080. The number of thiophene rings is 1. The summed E-state index contributed by atoms with van der Waals surface area (Å²) in [6.07, 6.45) is 3.08. The van der Waals surface area contributed by atoms with Crippen LogP contribution in [0.25, 0.3) is 15.9 Å². The van der Waals surface area contributed by atoms with Crippen LogP contribution in [0, 0.1) is 17.6 Å². The Morgan fingerprint density at radius 1 is 1.42 bits per heavy atom. The minimum Gasteiger partial charge on any atom is -0.508 e. The van der Waals surface area contributed by atoms with E-state index in [4.69, 9.17) is 12.2 Å². The monoisotopic (exact) mass is 358 g/mol. The Labute approximate surface area is 148 Å². The van der Waals surface area contributed by atoms with Crippen molar-refractivity contribution in [3.8, 4) is 11.4 Å². The number of hydrogen-bond acceptors (Lipinski definition) is 4. The summed E-state index contributed by atoms with van der Waals surface area (Å²) in [5, 5.41) is 10.7. The molecule has 0 aliphatic heterocycles. The molecule has 0 fully saturated rings. The van der Waals surface area contributed by atoms with Crippen molar-refractivity contribution >= 4 is 33.8 Å². The molecule has 2 aromatic heterocycles. The summed E-state index contributed by atoms with van der Waals surface area (Å²) in [7, 11) is 0. The van der Waals surface area contributed by atoms with Crippen LogP contribution in [0.15, 0.2) is 23.0 Å². The van der Waals surface area contributed by atoms with Crippen LogP contribution in [0.3, 0.4) is 0 Å². The third-order valence-electron chi connectivity index (χ3n) is 4.80. The largest absolute Gasteiger partial charge is 0.508 e. The summed E-state index contributed by atoms with van der Waals surface area (Å²) in [6, 6.07) is 5.20. The quantitative estimate of drug-likeness (QED) is 0.640. The van der Waals surface area contributed by atoms with E-state index in [-0.39, 0.29) is 11.3 Å². The molecule has 1 aromatic carbocycles. The molecule has 0 radical (unpaired) electrons. The van der Waals surface area contributed by atoms with E-state index in [2.05, 4.69) is 11.9 Å². The Morgan fingerprint density at radius 3 is 2.96 bits per heavy atom. The fourth-order valence-corrected chi connectivity index (χ4v) is 5.15. The van der Waals surface area contributed by atoms with Crippen LogP contribution in [-0.2, 0) is 12.8 Å². The molecule has 0 saturated carbocycles. The highest BCUT2D eigenvalue weighted by Crippen LogP contribution is 2.35.